The van der Waals surface area contributed by atoms with E-state index in [1.165, 1.54) is 49.7 Å². The Bertz CT molecular complexity index is 803. The Balaban J connectivity index is 1.49. The number of aromatic nitrogens is 2. The lowest BCUT2D eigenvalue weighted by molar-refractivity contribution is 0.353. The van der Waals surface area contributed by atoms with Gasteiger partial charge in [0, 0.05) is 25.3 Å². The van der Waals surface area contributed by atoms with Gasteiger partial charge in [0.05, 0.1) is 14.2 Å². The van der Waals surface area contributed by atoms with Crippen molar-refractivity contribution in [2.45, 2.75) is 57.5 Å². The molecule has 0 atom stereocenters. The molecule has 1 aromatic heterocycles. The van der Waals surface area contributed by atoms with E-state index in [1.807, 2.05) is 12.3 Å². The van der Waals surface area contributed by atoms with Gasteiger partial charge in [-0.2, -0.15) is 4.98 Å². The molecule has 1 aromatic carbocycles. The Morgan fingerprint density at radius 1 is 1.00 bits per heavy atom. The number of hydrogen-bond acceptors (Lipinski definition) is 6. The second kappa shape index (κ2) is 8.67. The lowest BCUT2D eigenvalue weighted by Crippen LogP contribution is -2.31. The molecule has 1 fully saturated rings. The molecule has 150 valence electrons. The normalized spacial score (nSPS) is 17.6. The number of nitrogens with zero attached hydrogens (tertiary/aromatic N) is 3. The van der Waals surface area contributed by atoms with Crippen LogP contribution in [0.3, 0.4) is 0 Å². The predicted octanol–water partition coefficient (Wildman–Crippen LogP) is 4.19. The van der Waals surface area contributed by atoms with Crippen molar-refractivity contribution >= 4 is 11.8 Å². The summed E-state index contributed by atoms with van der Waals surface area (Å²) < 4.78 is 10.9. The average Bonchev–Trinajstić information content (AvgIpc) is 3.01. The second-order valence-corrected chi connectivity index (χ2v) is 7.72. The van der Waals surface area contributed by atoms with Crippen molar-refractivity contribution in [3.8, 4) is 11.5 Å². The molecule has 1 aliphatic carbocycles. The molecule has 2 aromatic rings. The Kier molecular flexibility index (Phi) is 5.84. The summed E-state index contributed by atoms with van der Waals surface area (Å²) in [6, 6.07) is 6.69. The summed E-state index contributed by atoms with van der Waals surface area (Å²) in [5, 5.41) is 3.57. The summed E-state index contributed by atoms with van der Waals surface area (Å²) in [5.41, 5.74) is 2.58. The number of fused-ring (bicyclic) bond motifs is 1. The van der Waals surface area contributed by atoms with Crippen molar-refractivity contribution in [2.75, 3.05) is 31.0 Å². The van der Waals surface area contributed by atoms with Gasteiger partial charge in [0.1, 0.15) is 5.82 Å². The van der Waals surface area contributed by atoms with Gasteiger partial charge in [0.2, 0.25) is 5.95 Å². The SMILES string of the molecule is COc1cc2c(cc1OC)CN(c1ccnc(NC3CCCCCC3)n1)CC2. The highest BCUT2D eigenvalue weighted by molar-refractivity contribution is 5.52. The quantitative estimate of drug-likeness (QED) is 0.783. The Labute approximate surface area is 167 Å². The zero-order chi connectivity index (χ0) is 19.3. The highest BCUT2D eigenvalue weighted by Crippen LogP contribution is 2.34. The first-order valence-corrected chi connectivity index (χ1v) is 10.3. The second-order valence-electron chi connectivity index (χ2n) is 7.72. The number of rotatable bonds is 5. The van der Waals surface area contributed by atoms with Crippen molar-refractivity contribution in [3.05, 3.63) is 35.5 Å². The minimum atomic E-state index is 0.497. The molecule has 6 nitrogen and oxygen atoms in total. The van der Waals surface area contributed by atoms with Crippen LogP contribution in [0, 0.1) is 0 Å². The molecular formula is C22H30N4O2. The molecular weight excluding hydrogens is 352 g/mol. The van der Waals surface area contributed by atoms with Crippen molar-refractivity contribution < 1.29 is 9.47 Å². The fourth-order valence-electron chi connectivity index (χ4n) is 4.28. The number of methoxy groups -OCH3 is 2. The summed E-state index contributed by atoms with van der Waals surface area (Å²) >= 11 is 0. The molecule has 0 amide bonds. The van der Waals surface area contributed by atoms with Crippen LogP contribution < -0.4 is 19.7 Å². The molecule has 28 heavy (non-hydrogen) atoms. The molecule has 1 saturated carbocycles. The van der Waals surface area contributed by atoms with Crippen LogP contribution >= 0.6 is 0 Å². The van der Waals surface area contributed by atoms with E-state index in [1.54, 1.807) is 14.2 Å². The first-order chi connectivity index (χ1) is 13.8. The van der Waals surface area contributed by atoms with Crippen LogP contribution in [0.25, 0.3) is 0 Å². The van der Waals surface area contributed by atoms with Crippen molar-refractivity contribution in [3.63, 3.8) is 0 Å². The highest BCUT2D eigenvalue weighted by Gasteiger charge is 2.21. The van der Waals surface area contributed by atoms with Crippen molar-refractivity contribution in [1.29, 1.82) is 0 Å². The maximum atomic E-state index is 5.48. The van der Waals surface area contributed by atoms with E-state index in [0.717, 1.165) is 42.8 Å². The molecule has 6 heteroatoms. The number of ether oxygens (including phenoxy) is 2. The van der Waals surface area contributed by atoms with Gasteiger partial charge in [0.15, 0.2) is 11.5 Å². The molecule has 4 rings (SSSR count). The number of anilines is 2. The third-order valence-electron chi connectivity index (χ3n) is 5.87. The summed E-state index contributed by atoms with van der Waals surface area (Å²) in [6.07, 6.45) is 10.5. The van der Waals surface area contributed by atoms with Gasteiger partial charge in [-0.15, -0.1) is 0 Å². The molecule has 1 N–H and O–H groups in total. The zero-order valence-corrected chi connectivity index (χ0v) is 16.9. The minimum absolute atomic E-state index is 0.497. The van der Waals surface area contributed by atoms with Crippen LogP contribution in [0.2, 0.25) is 0 Å². The van der Waals surface area contributed by atoms with E-state index in [-0.39, 0.29) is 0 Å². The Hall–Kier alpha value is -2.50. The van der Waals surface area contributed by atoms with Crippen LogP contribution in [0.4, 0.5) is 11.8 Å². The maximum Gasteiger partial charge on any atom is 0.224 e. The Morgan fingerprint density at radius 3 is 2.43 bits per heavy atom. The number of hydrogen-bond donors (Lipinski definition) is 1. The molecule has 0 saturated heterocycles. The maximum absolute atomic E-state index is 5.48. The lowest BCUT2D eigenvalue weighted by atomic mass is 9.99. The van der Waals surface area contributed by atoms with Gasteiger partial charge >= 0.3 is 0 Å². The first kappa shape index (κ1) is 18.8. The van der Waals surface area contributed by atoms with Crippen LogP contribution in [0.15, 0.2) is 24.4 Å². The van der Waals surface area contributed by atoms with Gasteiger partial charge < -0.3 is 19.7 Å². The van der Waals surface area contributed by atoms with Gasteiger partial charge in [-0.1, -0.05) is 25.7 Å². The van der Waals surface area contributed by atoms with E-state index in [2.05, 4.69) is 27.3 Å². The molecule has 2 heterocycles. The zero-order valence-electron chi connectivity index (χ0n) is 16.9. The molecule has 0 radical (unpaired) electrons. The monoisotopic (exact) mass is 382 g/mol. The third kappa shape index (κ3) is 4.16. The molecule has 0 spiro atoms. The summed E-state index contributed by atoms with van der Waals surface area (Å²) in [6.45, 7) is 1.75. The fourth-order valence-corrected chi connectivity index (χ4v) is 4.28. The van der Waals surface area contributed by atoms with E-state index in [9.17, 15) is 0 Å². The van der Waals surface area contributed by atoms with Crippen LogP contribution in [0.5, 0.6) is 11.5 Å². The smallest absolute Gasteiger partial charge is 0.224 e. The summed E-state index contributed by atoms with van der Waals surface area (Å²) in [5.74, 6) is 3.31. The summed E-state index contributed by atoms with van der Waals surface area (Å²) in [7, 11) is 3.36. The molecule has 0 bridgehead atoms. The summed E-state index contributed by atoms with van der Waals surface area (Å²) in [4.78, 5) is 11.6. The van der Waals surface area contributed by atoms with E-state index in [4.69, 9.17) is 14.5 Å². The van der Waals surface area contributed by atoms with Crippen LogP contribution in [-0.4, -0.2) is 36.8 Å². The standard InChI is InChI=1S/C22H30N4O2/c1-27-19-13-16-10-12-26(15-17(16)14-20(19)28-2)21-9-11-23-22(25-21)24-18-7-5-3-4-6-8-18/h9,11,13-14,18H,3-8,10,12,15H2,1-2H3,(H,23,24,25). The highest BCUT2D eigenvalue weighted by atomic mass is 16.5. The minimum Gasteiger partial charge on any atom is -0.493 e. The van der Waals surface area contributed by atoms with E-state index >= 15 is 0 Å². The third-order valence-corrected chi connectivity index (χ3v) is 5.87. The van der Waals surface area contributed by atoms with E-state index < -0.39 is 0 Å². The Morgan fingerprint density at radius 2 is 1.71 bits per heavy atom. The molecule has 2 aliphatic rings. The largest absolute Gasteiger partial charge is 0.493 e. The van der Waals surface area contributed by atoms with Crippen molar-refractivity contribution in [2.24, 2.45) is 0 Å². The number of benzene rings is 1. The lowest BCUT2D eigenvalue weighted by Gasteiger charge is -2.30. The predicted molar refractivity (Wildman–Crippen MR) is 111 cm³/mol. The van der Waals surface area contributed by atoms with Crippen LogP contribution in [0.1, 0.15) is 49.7 Å². The number of nitrogens with one attached hydrogen (secondary N) is 1. The van der Waals surface area contributed by atoms with E-state index in [0.29, 0.717) is 6.04 Å². The van der Waals surface area contributed by atoms with Crippen LogP contribution in [-0.2, 0) is 13.0 Å². The van der Waals surface area contributed by atoms with Gasteiger partial charge in [-0.25, -0.2) is 4.98 Å². The topological polar surface area (TPSA) is 59.5 Å². The van der Waals surface area contributed by atoms with Gasteiger partial charge in [-0.3, -0.25) is 0 Å². The molecule has 0 unspecified atom stereocenters. The van der Waals surface area contributed by atoms with Gasteiger partial charge in [-0.05, 0) is 48.6 Å². The average molecular weight is 383 g/mol. The first-order valence-electron chi connectivity index (χ1n) is 10.3. The molecule has 1 aliphatic heterocycles. The fraction of sp³-hybridized carbons (Fsp3) is 0.545. The van der Waals surface area contributed by atoms with Gasteiger partial charge in [0.25, 0.3) is 0 Å². The van der Waals surface area contributed by atoms with Crippen molar-refractivity contribution in [1.82, 2.24) is 9.97 Å².